The lowest BCUT2D eigenvalue weighted by molar-refractivity contribution is -0.151. The molecule has 3 N–H and O–H groups in total. The molecule has 25 heavy (non-hydrogen) atoms. The second-order valence-electron chi connectivity index (χ2n) is 7.00. The summed E-state index contributed by atoms with van der Waals surface area (Å²) in [5.74, 6) is -2.79. The molecule has 2 unspecified atom stereocenters. The third-order valence-corrected chi connectivity index (χ3v) is 4.68. The molecule has 2 atom stereocenters. The third kappa shape index (κ3) is 13.0. The molecule has 5 nitrogen and oxygen atoms in total. The smallest absolute Gasteiger partial charge is 0.316 e. The number of hydrogen-bond acceptors (Lipinski definition) is 4. The number of carbonyl (C=O) groups is 2. The van der Waals surface area contributed by atoms with E-state index in [0.717, 1.165) is 57.8 Å². The first-order valence-electron chi connectivity index (χ1n) is 10.1. The Balaban J connectivity index is 3.83. The predicted molar refractivity (Wildman–Crippen MR) is 99.5 cm³/mol. The molecule has 0 saturated heterocycles. The number of carboxylic acid groups (broad SMARTS) is 1. The van der Waals surface area contributed by atoms with Gasteiger partial charge in [-0.05, 0) is 19.3 Å². The van der Waals surface area contributed by atoms with Crippen LogP contribution in [0, 0.1) is 5.92 Å². The Bertz CT molecular complexity index is 343. The van der Waals surface area contributed by atoms with Gasteiger partial charge in [-0.15, -0.1) is 0 Å². The van der Waals surface area contributed by atoms with E-state index in [1.807, 2.05) is 6.92 Å². The van der Waals surface area contributed by atoms with Gasteiger partial charge in [0.25, 0.3) is 0 Å². The molecule has 0 amide bonds. The van der Waals surface area contributed by atoms with E-state index in [2.05, 4.69) is 0 Å². The van der Waals surface area contributed by atoms with Gasteiger partial charge in [0, 0.05) is 13.0 Å². The number of unbranched alkanes of at least 4 members (excludes halogenated alkanes) is 10. The summed E-state index contributed by atoms with van der Waals surface area (Å²) in [7, 11) is 0. The van der Waals surface area contributed by atoms with Crippen molar-refractivity contribution in [2.75, 3.05) is 6.61 Å². The van der Waals surface area contributed by atoms with Crippen molar-refractivity contribution in [3.8, 4) is 0 Å². The minimum Gasteiger partial charge on any atom is -0.481 e. The van der Waals surface area contributed by atoms with Gasteiger partial charge in [-0.2, -0.15) is 0 Å². The number of carbonyl (C=O) groups excluding carboxylic acids is 1. The second kappa shape index (κ2) is 16.5. The number of hydrogen-bond donors (Lipinski definition) is 3. The Morgan fingerprint density at radius 2 is 1.32 bits per heavy atom. The third-order valence-electron chi connectivity index (χ3n) is 4.68. The van der Waals surface area contributed by atoms with Crippen LogP contribution in [0.3, 0.4) is 0 Å². The molecule has 0 aliphatic rings. The van der Waals surface area contributed by atoms with Crippen molar-refractivity contribution in [3.05, 3.63) is 0 Å². The van der Waals surface area contributed by atoms with E-state index >= 15 is 0 Å². The van der Waals surface area contributed by atoms with Crippen LogP contribution in [-0.4, -0.2) is 39.8 Å². The quantitative estimate of drug-likeness (QED) is 0.253. The normalized spacial score (nSPS) is 13.6. The first-order chi connectivity index (χ1) is 12.0. The molecular weight excluding hydrogens is 320 g/mol. The van der Waals surface area contributed by atoms with Gasteiger partial charge in [-0.3, -0.25) is 9.59 Å². The van der Waals surface area contributed by atoms with Gasteiger partial charge in [-0.1, -0.05) is 71.1 Å². The number of carboxylic acids is 1. The van der Waals surface area contributed by atoms with Crippen molar-refractivity contribution in [2.24, 2.45) is 5.92 Å². The van der Waals surface area contributed by atoms with Crippen molar-refractivity contribution in [1.82, 2.24) is 0 Å². The lowest BCUT2D eigenvalue weighted by Crippen LogP contribution is -2.35. The van der Waals surface area contributed by atoms with Crippen molar-refractivity contribution in [2.45, 2.75) is 103 Å². The van der Waals surface area contributed by atoms with Crippen molar-refractivity contribution < 1.29 is 24.9 Å². The van der Waals surface area contributed by atoms with E-state index in [-0.39, 0.29) is 18.8 Å². The van der Waals surface area contributed by atoms with E-state index in [1.54, 1.807) is 0 Å². The van der Waals surface area contributed by atoms with Crippen LogP contribution in [0.4, 0.5) is 0 Å². The molecule has 0 aromatic carbocycles. The molecular formula is C20H38O5. The van der Waals surface area contributed by atoms with E-state index in [9.17, 15) is 19.8 Å². The van der Waals surface area contributed by atoms with Gasteiger partial charge >= 0.3 is 5.97 Å². The zero-order valence-electron chi connectivity index (χ0n) is 15.9. The molecule has 0 rings (SSSR count). The van der Waals surface area contributed by atoms with Gasteiger partial charge in [0.2, 0.25) is 0 Å². The summed E-state index contributed by atoms with van der Waals surface area (Å²) in [5, 5.41) is 27.9. The number of aliphatic hydroxyl groups is 2. The van der Waals surface area contributed by atoms with Crippen molar-refractivity contribution >= 4 is 11.8 Å². The van der Waals surface area contributed by atoms with Gasteiger partial charge < -0.3 is 15.3 Å². The van der Waals surface area contributed by atoms with Gasteiger partial charge in [0.1, 0.15) is 11.7 Å². The standard InChI is InChI=1S/C20H38O5/c1-2-3-11-14-17(22)19(20(24)25)18(23)15-12-9-7-5-4-6-8-10-13-16-21/h17,19,21-22H,2-16H2,1H3,(H,24,25). The average molecular weight is 359 g/mol. The Hall–Kier alpha value is -0.940. The molecule has 0 heterocycles. The number of aliphatic hydroxyl groups excluding tert-OH is 2. The maximum Gasteiger partial charge on any atom is 0.316 e. The van der Waals surface area contributed by atoms with E-state index < -0.39 is 18.0 Å². The van der Waals surface area contributed by atoms with Crippen LogP contribution in [0.25, 0.3) is 0 Å². The summed E-state index contributed by atoms with van der Waals surface area (Å²) in [6, 6.07) is 0. The van der Waals surface area contributed by atoms with Crippen LogP contribution in [-0.2, 0) is 9.59 Å². The summed E-state index contributed by atoms with van der Waals surface area (Å²) < 4.78 is 0. The van der Waals surface area contributed by atoms with E-state index in [4.69, 9.17) is 5.11 Å². The highest BCUT2D eigenvalue weighted by Crippen LogP contribution is 2.18. The average Bonchev–Trinajstić information content (AvgIpc) is 2.56. The zero-order valence-corrected chi connectivity index (χ0v) is 15.9. The Morgan fingerprint density at radius 3 is 1.80 bits per heavy atom. The van der Waals surface area contributed by atoms with Crippen molar-refractivity contribution in [1.29, 1.82) is 0 Å². The minimum atomic E-state index is -1.26. The zero-order chi connectivity index (χ0) is 18.9. The fraction of sp³-hybridized carbons (Fsp3) is 0.900. The van der Waals surface area contributed by atoms with Gasteiger partial charge in [0.15, 0.2) is 0 Å². The predicted octanol–water partition coefficient (Wildman–Crippen LogP) is 4.09. The molecule has 0 radical (unpaired) electrons. The number of aliphatic carboxylic acids is 1. The summed E-state index contributed by atoms with van der Waals surface area (Å²) in [5.41, 5.74) is 0. The molecule has 0 fully saturated rings. The molecule has 148 valence electrons. The summed E-state index contributed by atoms with van der Waals surface area (Å²) in [6.07, 6.45) is 11.6. The number of ketones is 1. The molecule has 0 bridgehead atoms. The molecule has 0 aromatic rings. The van der Waals surface area contributed by atoms with Gasteiger partial charge in [-0.25, -0.2) is 0 Å². The summed E-state index contributed by atoms with van der Waals surface area (Å²) in [6.45, 7) is 2.32. The fourth-order valence-corrected chi connectivity index (χ4v) is 3.09. The monoisotopic (exact) mass is 358 g/mol. The molecule has 0 aliphatic heterocycles. The molecule has 5 heteroatoms. The first-order valence-corrected chi connectivity index (χ1v) is 10.1. The molecule has 0 aromatic heterocycles. The highest BCUT2D eigenvalue weighted by Gasteiger charge is 2.32. The summed E-state index contributed by atoms with van der Waals surface area (Å²) >= 11 is 0. The fourth-order valence-electron chi connectivity index (χ4n) is 3.09. The summed E-state index contributed by atoms with van der Waals surface area (Å²) in [4.78, 5) is 23.4. The van der Waals surface area contributed by atoms with Crippen LogP contribution >= 0.6 is 0 Å². The molecule has 0 aliphatic carbocycles. The van der Waals surface area contributed by atoms with Crippen LogP contribution in [0.15, 0.2) is 0 Å². The highest BCUT2D eigenvalue weighted by molar-refractivity contribution is 5.98. The Labute approximate surface area is 152 Å². The Morgan fingerprint density at radius 1 is 0.800 bits per heavy atom. The number of rotatable bonds is 18. The maximum atomic E-state index is 12.1. The topological polar surface area (TPSA) is 94.8 Å². The lowest BCUT2D eigenvalue weighted by Gasteiger charge is -2.18. The largest absolute Gasteiger partial charge is 0.481 e. The maximum absolute atomic E-state index is 12.1. The van der Waals surface area contributed by atoms with Crippen LogP contribution in [0.5, 0.6) is 0 Å². The molecule has 0 saturated carbocycles. The molecule has 0 spiro atoms. The van der Waals surface area contributed by atoms with Gasteiger partial charge in [0.05, 0.1) is 6.10 Å². The Kier molecular flexibility index (Phi) is 15.9. The lowest BCUT2D eigenvalue weighted by atomic mass is 9.90. The van der Waals surface area contributed by atoms with Crippen LogP contribution in [0.1, 0.15) is 96.8 Å². The number of Topliss-reactive ketones (excluding diaryl/α,β-unsaturated/α-hetero) is 1. The second-order valence-corrected chi connectivity index (χ2v) is 7.00. The minimum absolute atomic E-state index is 0.248. The van der Waals surface area contributed by atoms with Crippen LogP contribution in [0.2, 0.25) is 0 Å². The first kappa shape index (κ1) is 24.1. The van der Waals surface area contributed by atoms with E-state index in [0.29, 0.717) is 12.8 Å². The van der Waals surface area contributed by atoms with Crippen LogP contribution < -0.4 is 0 Å². The van der Waals surface area contributed by atoms with Crippen molar-refractivity contribution in [3.63, 3.8) is 0 Å². The highest BCUT2D eigenvalue weighted by atomic mass is 16.4. The SMILES string of the molecule is CCCCCC(O)C(C(=O)O)C(=O)CCCCCCCCCCCO. The van der Waals surface area contributed by atoms with E-state index in [1.165, 1.54) is 12.8 Å².